The van der Waals surface area contributed by atoms with Crippen LogP contribution >= 0.6 is 0 Å². The SMILES string of the molecule is CCC(=O)Nc1cccc(C(=O)CC[NH2+]C(C)C(O)c2ccc(O)cc2)c1.[Cl-]. The lowest BCUT2D eigenvalue weighted by Gasteiger charge is -2.17. The van der Waals surface area contributed by atoms with Crippen molar-refractivity contribution in [3.63, 3.8) is 0 Å². The number of Topliss-reactive ketones (excluding diaryl/α,β-unsaturated/α-hetero) is 1. The highest BCUT2D eigenvalue weighted by atomic mass is 35.5. The van der Waals surface area contributed by atoms with Crippen LogP contribution in [0.3, 0.4) is 0 Å². The van der Waals surface area contributed by atoms with Gasteiger partial charge < -0.3 is 33.3 Å². The van der Waals surface area contributed by atoms with Crippen molar-refractivity contribution in [2.45, 2.75) is 38.8 Å². The Morgan fingerprint density at radius 1 is 1.14 bits per heavy atom. The maximum absolute atomic E-state index is 12.4. The number of aliphatic hydroxyl groups excluding tert-OH is 1. The highest BCUT2D eigenvalue weighted by Gasteiger charge is 2.19. The summed E-state index contributed by atoms with van der Waals surface area (Å²) in [6.45, 7) is 4.21. The number of benzene rings is 2. The second-order valence-electron chi connectivity index (χ2n) is 6.58. The maximum atomic E-state index is 12.4. The molecule has 0 fully saturated rings. The number of aromatic hydroxyl groups is 1. The molecule has 0 aliphatic carbocycles. The van der Waals surface area contributed by atoms with E-state index in [1.165, 1.54) is 0 Å². The predicted octanol–water partition coefficient (Wildman–Crippen LogP) is -0.997. The standard InChI is InChI=1S/C21H26N2O4.ClH/c1-3-20(26)23-17-6-4-5-16(13-17)19(25)11-12-22-14(2)21(27)15-7-9-18(24)10-8-15;/h4-10,13-14,21-22,24,27H,3,11-12H2,1-2H3,(H,23,26);1H. The Balaban J connectivity index is 0.00000392. The van der Waals surface area contributed by atoms with Crippen LogP contribution in [0.25, 0.3) is 0 Å². The average Bonchev–Trinajstić information content (AvgIpc) is 2.67. The van der Waals surface area contributed by atoms with E-state index in [4.69, 9.17) is 0 Å². The minimum Gasteiger partial charge on any atom is -1.00 e. The third-order valence-corrected chi connectivity index (χ3v) is 4.43. The van der Waals surface area contributed by atoms with Gasteiger partial charge in [0, 0.05) is 17.7 Å². The predicted molar refractivity (Wildman–Crippen MR) is 104 cm³/mol. The summed E-state index contributed by atoms with van der Waals surface area (Å²) in [5.41, 5.74) is 1.90. The Morgan fingerprint density at radius 2 is 1.82 bits per heavy atom. The van der Waals surface area contributed by atoms with Gasteiger partial charge in [0.2, 0.25) is 5.91 Å². The van der Waals surface area contributed by atoms with Crippen LogP contribution in [0.1, 0.15) is 48.7 Å². The second-order valence-corrected chi connectivity index (χ2v) is 6.58. The molecule has 0 saturated heterocycles. The first-order valence-electron chi connectivity index (χ1n) is 9.14. The van der Waals surface area contributed by atoms with E-state index in [2.05, 4.69) is 5.32 Å². The van der Waals surface area contributed by atoms with E-state index in [0.717, 1.165) is 5.56 Å². The number of ketones is 1. The summed E-state index contributed by atoms with van der Waals surface area (Å²) < 4.78 is 0. The van der Waals surface area contributed by atoms with Crippen LogP contribution in [-0.4, -0.2) is 34.5 Å². The van der Waals surface area contributed by atoms with Gasteiger partial charge in [-0.2, -0.15) is 0 Å². The topological polar surface area (TPSA) is 103 Å². The van der Waals surface area contributed by atoms with Crippen molar-refractivity contribution in [1.29, 1.82) is 0 Å². The van der Waals surface area contributed by atoms with E-state index in [-0.39, 0.29) is 35.9 Å². The number of phenolic OH excluding ortho intramolecular Hbond substituents is 1. The number of hydrogen-bond donors (Lipinski definition) is 4. The lowest BCUT2D eigenvalue weighted by atomic mass is 10.0. The van der Waals surface area contributed by atoms with Crippen molar-refractivity contribution in [1.82, 2.24) is 0 Å². The number of amides is 1. The van der Waals surface area contributed by atoms with E-state index in [9.17, 15) is 19.8 Å². The number of carbonyl (C=O) groups is 2. The number of nitrogens with one attached hydrogen (secondary N) is 1. The smallest absolute Gasteiger partial charge is 0.224 e. The van der Waals surface area contributed by atoms with Crippen molar-refractivity contribution in [3.05, 3.63) is 59.7 Å². The van der Waals surface area contributed by atoms with E-state index in [0.29, 0.717) is 30.6 Å². The molecule has 28 heavy (non-hydrogen) atoms. The van der Waals surface area contributed by atoms with Crippen molar-refractivity contribution in [2.24, 2.45) is 0 Å². The second kappa shape index (κ2) is 11.4. The summed E-state index contributed by atoms with van der Waals surface area (Å²) in [4.78, 5) is 23.9. The Hall–Kier alpha value is -2.41. The minimum absolute atomic E-state index is 0. The fourth-order valence-corrected chi connectivity index (χ4v) is 2.75. The lowest BCUT2D eigenvalue weighted by molar-refractivity contribution is -0.693. The summed E-state index contributed by atoms with van der Waals surface area (Å²) in [7, 11) is 0. The first-order valence-corrected chi connectivity index (χ1v) is 9.14. The molecule has 2 atom stereocenters. The zero-order valence-electron chi connectivity index (χ0n) is 16.1. The van der Waals surface area contributed by atoms with Gasteiger partial charge in [-0.3, -0.25) is 9.59 Å². The van der Waals surface area contributed by atoms with Crippen LogP contribution in [0.2, 0.25) is 0 Å². The van der Waals surface area contributed by atoms with Crippen molar-refractivity contribution < 1.29 is 37.5 Å². The molecule has 152 valence electrons. The Bertz CT molecular complexity index is 780. The number of halogens is 1. The largest absolute Gasteiger partial charge is 1.00 e. The molecular weight excluding hydrogens is 380 g/mol. The fourth-order valence-electron chi connectivity index (χ4n) is 2.75. The molecule has 2 aromatic rings. The number of nitrogens with two attached hydrogens (primary N) is 1. The average molecular weight is 407 g/mol. The van der Waals surface area contributed by atoms with Crippen LogP contribution in [0, 0.1) is 0 Å². The molecule has 2 unspecified atom stereocenters. The fraction of sp³-hybridized carbons (Fsp3) is 0.333. The van der Waals surface area contributed by atoms with Gasteiger partial charge in [-0.25, -0.2) is 0 Å². The summed E-state index contributed by atoms with van der Waals surface area (Å²) in [6, 6.07) is 13.3. The third-order valence-electron chi connectivity index (χ3n) is 4.43. The number of hydrogen-bond acceptors (Lipinski definition) is 4. The zero-order chi connectivity index (χ0) is 19.8. The molecule has 2 aromatic carbocycles. The summed E-state index contributed by atoms with van der Waals surface area (Å²) in [5.74, 6) is 0.0562. The van der Waals surface area contributed by atoms with E-state index in [1.807, 2.05) is 12.2 Å². The molecule has 0 radical (unpaired) electrons. The van der Waals surface area contributed by atoms with Crippen LogP contribution in [0.5, 0.6) is 5.75 Å². The van der Waals surface area contributed by atoms with E-state index >= 15 is 0 Å². The Morgan fingerprint density at radius 3 is 2.46 bits per heavy atom. The number of rotatable bonds is 9. The third kappa shape index (κ3) is 6.96. The lowest BCUT2D eigenvalue weighted by Crippen LogP contribution is -3.00. The van der Waals surface area contributed by atoms with Crippen molar-refractivity contribution >= 4 is 17.4 Å². The molecule has 0 aliphatic heterocycles. The molecular formula is C21H27ClN2O4. The summed E-state index contributed by atoms with van der Waals surface area (Å²) in [5, 5.41) is 24.4. The van der Waals surface area contributed by atoms with Crippen LogP contribution in [0.15, 0.2) is 48.5 Å². The van der Waals surface area contributed by atoms with Crippen molar-refractivity contribution in [3.8, 4) is 5.75 Å². The number of anilines is 1. The molecule has 0 aromatic heterocycles. The van der Waals surface area contributed by atoms with Gasteiger partial charge in [0.25, 0.3) is 0 Å². The molecule has 0 bridgehead atoms. The van der Waals surface area contributed by atoms with Crippen LogP contribution < -0.4 is 23.0 Å². The van der Waals surface area contributed by atoms with Gasteiger partial charge in [-0.05, 0) is 36.8 Å². The van der Waals surface area contributed by atoms with Gasteiger partial charge in [-0.15, -0.1) is 0 Å². The molecule has 0 aliphatic rings. The number of phenols is 1. The molecule has 6 nitrogen and oxygen atoms in total. The highest BCUT2D eigenvalue weighted by molar-refractivity contribution is 5.98. The Labute approximate surface area is 171 Å². The van der Waals surface area contributed by atoms with E-state index < -0.39 is 6.10 Å². The molecule has 5 N–H and O–H groups in total. The van der Waals surface area contributed by atoms with Gasteiger partial charge in [0.1, 0.15) is 17.9 Å². The van der Waals surface area contributed by atoms with Crippen LogP contribution in [0.4, 0.5) is 5.69 Å². The highest BCUT2D eigenvalue weighted by Crippen LogP contribution is 2.18. The number of aliphatic hydroxyl groups is 1. The molecule has 0 spiro atoms. The monoisotopic (exact) mass is 406 g/mol. The molecule has 1 amide bonds. The minimum atomic E-state index is -0.687. The molecule has 2 rings (SSSR count). The zero-order valence-corrected chi connectivity index (χ0v) is 16.8. The van der Waals surface area contributed by atoms with Gasteiger partial charge in [0.15, 0.2) is 5.78 Å². The first-order chi connectivity index (χ1) is 12.9. The van der Waals surface area contributed by atoms with Gasteiger partial charge in [0.05, 0.1) is 13.0 Å². The molecule has 7 heteroatoms. The van der Waals surface area contributed by atoms with Crippen molar-refractivity contribution in [2.75, 3.05) is 11.9 Å². The Kier molecular flexibility index (Phi) is 9.65. The van der Waals surface area contributed by atoms with E-state index in [1.54, 1.807) is 55.5 Å². The van der Waals surface area contributed by atoms with Gasteiger partial charge in [-0.1, -0.05) is 31.2 Å². The summed E-state index contributed by atoms with van der Waals surface area (Å²) >= 11 is 0. The quantitative estimate of drug-likeness (QED) is 0.401. The first kappa shape index (κ1) is 23.6. The normalized spacial score (nSPS) is 12.5. The molecule has 0 saturated carbocycles. The van der Waals surface area contributed by atoms with Crippen LogP contribution in [-0.2, 0) is 4.79 Å². The molecule has 0 heterocycles. The van der Waals surface area contributed by atoms with Gasteiger partial charge >= 0.3 is 0 Å². The number of carbonyl (C=O) groups excluding carboxylic acids is 2. The summed E-state index contributed by atoms with van der Waals surface area (Å²) in [6.07, 6.45) is 0.0277. The maximum Gasteiger partial charge on any atom is 0.224 e. The number of quaternary nitrogens is 1.